The van der Waals surface area contributed by atoms with Crippen molar-refractivity contribution in [1.82, 2.24) is 4.72 Å². The zero-order valence-corrected chi connectivity index (χ0v) is 14.6. The Labute approximate surface area is 136 Å². The van der Waals surface area contributed by atoms with Crippen LogP contribution in [0.25, 0.3) is 0 Å². The molecule has 0 saturated carbocycles. The second-order valence-corrected chi connectivity index (χ2v) is 8.62. The number of nitrogens with one attached hydrogen (secondary N) is 2. The van der Waals surface area contributed by atoms with E-state index in [0.717, 1.165) is 11.1 Å². The molecule has 2 aromatic rings. The largest absolute Gasteiger partial charge is 0.279 e. The van der Waals surface area contributed by atoms with Crippen molar-refractivity contribution in [3.05, 3.63) is 53.6 Å². The molecule has 23 heavy (non-hydrogen) atoms. The van der Waals surface area contributed by atoms with Crippen molar-refractivity contribution in [2.24, 2.45) is 0 Å². The summed E-state index contributed by atoms with van der Waals surface area (Å²) in [6, 6.07) is 10.5. The third kappa shape index (κ3) is 3.72. The van der Waals surface area contributed by atoms with Crippen LogP contribution < -0.4 is 9.44 Å². The molecule has 0 amide bonds. The van der Waals surface area contributed by atoms with Crippen molar-refractivity contribution in [2.75, 3.05) is 11.8 Å². The van der Waals surface area contributed by atoms with Crippen molar-refractivity contribution < 1.29 is 16.8 Å². The van der Waals surface area contributed by atoms with Crippen LogP contribution >= 0.6 is 0 Å². The lowest BCUT2D eigenvalue weighted by Crippen LogP contribution is -2.19. The maximum atomic E-state index is 12.5. The van der Waals surface area contributed by atoms with Gasteiger partial charge in [0.25, 0.3) is 10.0 Å². The van der Waals surface area contributed by atoms with Gasteiger partial charge in [-0.05, 0) is 56.3 Å². The highest BCUT2D eigenvalue weighted by atomic mass is 32.2. The smallest absolute Gasteiger partial charge is 0.261 e. The van der Waals surface area contributed by atoms with Gasteiger partial charge in [-0.3, -0.25) is 4.72 Å². The van der Waals surface area contributed by atoms with E-state index in [-0.39, 0.29) is 9.79 Å². The van der Waals surface area contributed by atoms with E-state index in [9.17, 15) is 16.8 Å². The fourth-order valence-electron chi connectivity index (χ4n) is 2.08. The topological polar surface area (TPSA) is 92.3 Å². The number of aryl methyl sites for hydroxylation is 2. The van der Waals surface area contributed by atoms with Crippen molar-refractivity contribution in [3.8, 4) is 0 Å². The van der Waals surface area contributed by atoms with Crippen LogP contribution in [0.3, 0.4) is 0 Å². The van der Waals surface area contributed by atoms with Gasteiger partial charge in [0, 0.05) is 0 Å². The van der Waals surface area contributed by atoms with Crippen molar-refractivity contribution in [1.29, 1.82) is 0 Å². The summed E-state index contributed by atoms with van der Waals surface area (Å²) in [5.41, 5.74) is 2.14. The first-order valence-corrected chi connectivity index (χ1v) is 9.76. The molecule has 2 N–H and O–H groups in total. The van der Waals surface area contributed by atoms with Crippen LogP contribution in [0.2, 0.25) is 0 Å². The SMILES string of the molecule is CNS(=O)(=O)c1ccc(S(=O)(=O)Nc2c(C)cccc2C)cc1. The van der Waals surface area contributed by atoms with Crippen LogP contribution in [0.4, 0.5) is 5.69 Å². The number of hydrogen-bond acceptors (Lipinski definition) is 4. The van der Waals surface area contributed by atoms with E-state index in [0.29, 0.717) is 5.69 Å². The number of sulfonamides is 2. The Hall–Kier alpha value is -1.90. The third-order valence-corrected chi connectivity index (χ3v) is 6.23. The predicted octanol–water partition coefficient (Wildman–Crippen LogP) is 2.01. The molecule has 0 saturated heterocycles. The summed E-state index contributed by atoms with van der Waals surface area (Å²) in [7, 11) is -6.10. The molecule has 0 bridgehead atoms. The maximum absolute atomic E-state index is 12.5. The Morgan fingerprint density at radius 3 is 1.61 bits per heavy atom. The molecule has 0 spiro atoms. The third-order valence-electron chi connectivity index (χ3n) is 3.43. The van der Waals surface area contributed by atoms with Crippen LogP contribution in [-0.2, 0) is 20.0 Å². The zero-order valence-electron chi connectivity index (χ0n) is 13.0. The molecular formula is C15H18N2O4S2. The van der Waals surface area contributed by atoms with Crippen LogP contribution in [0.15, 0.2) is 52.3 Å². The number of benzene rings is 2. The minimum atomic E-state index is -3.79. The first-order chi connectivity index (χ1) is 10.7. The first-order valence-electron chi connectivity index (χ1n) is 6.80. The average molecular weight is 354 g/mol. The molecule has 0 atom stereocenters. The standard InChI is InChI=1S/C15H18N2O4S2/c1-11-5-4-6-12(2)15(11)17-23(20,21)14-9-7-13(8-10-14)22(18,19)16-3/h4-10,16-17H,1-3H3. The molecular weight excluding hydrogens is 336 g/mol. The number of para-hydroxylation sites is 1. The van der Waals surface area contributed by atoms with Gasteiger partial charge < -0.3 is 0 Å². The quantitative estimate of drug-likeness (QED) is 0.859. The fraction of sp³-hybridized carbons (Fsp3) is 0.200. The van der Waals surface area contributed by atoms with Gasteiger partial charge in [-0.1, -0.05) is 18.2 Å². The molecule has 0 aromatic heterocycles. The summed E-state index contributed by atoms with van der Waals surface area (Å²) in [6.07, 6.45) is 0. The van der Waals surface area contributed by atoms with Gasteiger partial charge in [-0.2, -0.15) is 0 Å². The Bertz CT molecular complexity index is 898. The van der Waals surface area contributed by atoms with Crippen LogP contribution in [0.1, 0.15) is 11.1 Å². The normalized spacial score (nSPS) is 12.1. The zero-order chi connectivity index (χ0) is 17.3. The fourth-order valence-corrected chi connectivity index (χ4v) is 4.02. The predicted molar refractivity (Wildman–Crippen MR) is 89.4 cm³/mol. The molecule has 0 unspecified atom stereocenters. The molecule has 0 aliphatic heterocycles. The van der Waals surface area contributed by atoms with Gasteiger partial charge in [0.15, 0.2) is 0 Å². The minimum absolute atomic E-state index is 0.00444. The number of hydrogen-bond donors (Lipinski definition) is 2. The first kappa shape index (κ1) is 17.5. The molecule has 124 valence electrons. The van der Waals surface area contributed by atoms with E-state index in [1.54, 1.807) is 0 Å². The van der Waals surface area contributed by atoms with Gasteiger partial charge in [-0.25, -0.2) is 21.6 Å². The van der Waals surface area contributed by atoms with Crippen molar-refractivity contribution in [3.63, 3.8) is 0 Å². The molecule has 0 heterocycles. The maximum Gasteiger partial charge on any atom is 0.261 e. The average Bonchev–Trinajstić information content (AvgIpc) is 2.51. The summed E-state index contributed by atoms with van der Waals surface area (Å²) in [4.78, 5) is 0.00114. The van der Waals surface area contributed by atoms with E-state index in [4.69, 9.17) is 0 Å². The second kappa shape index (κ2) is 6.31. The van der Waals surface area contributed by atoms with E-state index in [1.165, 1.54) is 31.3 Å². The summed E-state index contributed by atoms with van der Waals surface area (Å²) in [5, 5.41) is 0. The monoisotopic (exact) mass is 354 g/mol. The van der Waals surface area contributed by atoms with E-state index < -0.39 is 20.0 Å². The molecule has 8 heteroatoms. The minimum Gasteiger partial charge on any atom is -0.279 e. The van der Waals surface area contributed by atoms with Crippen molar-refractivity contribution >= 4 is 25.7 Å². The van der Waals surface area contributed by atoms with E-state index in [1.807, 2.05) is 32.0 Å². The lowest BCUT2D eigenvalue weighted by atomic mass is 10.1. The molecule has 2 rings (SSSR count). The molecule has 6 nitrogen and oxygen atoms in total. The molecule has 2 aromatic carbocycles. The summed E-state index contributed by atoms with van der Waals surface area (Å²) in [6.45, 7) is 3.63. The summed E-state index contributed by atoms with van der Waals surface area (Å²) in [5.74, 6) is 0. The van der Waals surface area contributed by atoms with E-state index >= 15 is 0 Å². The van der Waals surface area contributed by atoms with Crippen LogP contribution in [-0.4, -0.2) is 23.9 Å². The van der Waals surface area contributed by atoms with Gasteiger partial charge in [0.05, 0.1) is 15.5 Å². The van der Waals surface area contributed by atoms with Crippen molar-refractivity contribution in [2.45, 2.75) is 23.6 Å². The number of rotatable bonds is 5. The highest BCUT2D eigenvalue weighted by molar-refractivity contribution is 7.92. The Morgan fingerprint density at radius 2 is 1.17 bits per heavy atom. The van der Waals surface area contributed by atoms with Gasteiger partial charge >= 0.3 is 0 Å². The van der Waals surface area contributed by atoms with Gasteiger partial charge in [-0.15, -0.1) is 0 Å². The second-order valence-electron chi connectivity index (χ2n) is 5.05. The highest BCUT2D eigenvalue weighted by Gasteiger charge is 2.18. The van der Waals surface area contributed by atoms with Crippen LogP contribution in [0, 0.1) is 13.8 Å². The van der Waals surface area contributed by atoms with Gasteiger partial charge in [0.1, 0.15) is 0 Å². The molecule has 0 aliphatic rings. The lowest BCUT2D eigenvalue weighted by molar-refractivity contribution is 0.587. The highest BCUT2D eigenvalue weighted by Crippen LogP contribution is 2.24. The number of anilines is 1. The van der Waals surface area contributed by atoms with Gasteiger partial charge in [0.2, 0.25) is 10.0 Å². The van der Waals surface area contributed by atoms with E-state index in [2.05, 4.69) is 9.44 Å². The molecule has 0 radical (unpaired) electrons. The molecule has 0 aliphatic carbocycles. The summed E-state index contributed by atoms with van der Waals surface area (Å²) < 4.78 is 53.0. The lowest BCUT2D eigenvalue weighted by Gasteiger charge is -2.13. The Morgan fingerprint density at radius 1 is 0.739 bits per heavy atom. The van der Waals surface area contributed by atoms with Crippen LogP contribution in [0.5, 0.6) is 0 Å². The molecule has 0 fully saturated rings. The Balaban J connectivity index is 2.38. The summed E-state index contributed by atoms with van der Waals surface area (Å²) >= 11 is 0. The Kier molecular flexibility index (Phi) is 4.79.